The topological polar surface area (TPSA) is 104 Å². The van der Waals surface area contributed by atoms with Gasteiger partial charge in [-0.2, -0.15) is 0 Å². The Kier molecular flexibility index (Phi) is 6.00. The van der Waals surface area contributed by atoms with Crippen molar-refractivity contribution in [3.8, 4) is 0 Å². The molecular weight excluding hydrogens is 459 g/mol. The molecule has 0 aromatic heterocycles. The van der Waals surface area contributed by atoms with Gasteiger partial charge in [0.25, 0.3) is 11.8 Å². The van der Waals surface area contributed by atoms with Gasteiger partial charge in [0.1, 0.15) is 5.82 Å². The molecule has 10 heteroatoms. The molecule has 170 valence electrons. The molecule has 2 fully saturated rings. The maximum absolute atomic E-state index is 13.5. The summed E-state index contributed by atoms with van der Waals surface area (Å²) in [7, 11) is -3.22. The van der Waals surface area contributed by atoms with Crippen LogP contribution in [-0.2, 0) is 31.7 Å². The Morgan fingerprint density at radius 1 is 1.22 bits per heavy atom. The van der Waals surface area contributed by atoms with E-state index in [0.29, 0.717) is 29.7 Å². The molecule has 0 radical (unpaired) electrons. The number of carbonyl (C=O) groups excluding carboxylic acids is 2. The van der Waals surface area contributed by atoms with Gasteiger partial charge in [-0.25, -0.2) is 12.8 Å². The number of anilines is 1. The molecule has 0 spiro atoms. The number of benzene rings is 2. The summed E-state index contributed by atoms with van der Waals surface area (Å²) in [6.45, 7) is -0.0201. The Morgan fingerprint density at radius 2 is 1.97 bits per heavy atom. The summed E-state index contributed by atoms with van der Waals surface area (Å²) in [5.74, 6) is -2.37. The van der Waals surface area contributed by atoms with Crippen LogP contribution in [0.4, 0.5) is 10.1 Å². The van der Waals surface area contributed by atoms with Gasteiger partial charge >= 0.3 is 0 Å². The third kappa shape index (κ3) is 4.65. The number of rotatable bonds is 7. The van der Waals surface area contributed by atoms with Crippen LogP contribution < -0.4 is 10.2 Å². The Morgan fingerprint density at radius 3 is 2.66 bits per heavy atom. The normalized spacial score (nSPS) is 21.1. The lowest BCUT2D eigenvalue weighted by molar-refractivity contribution is -0.149. The fraction of sp³-hybridized carbons (Fsp3) is 0.364. The lowest BCUT2D eigenvalue weighted by Crippen LogP contribution is -2.52. The molecular formula is C22H22ClFN2O5S. The highest BCUT2D eigenvalue weighted by molar-refractivity contribution is 7.91. The van der Waals surface area contributed by atoms with Crippen molar-refractivity contribution >= 4 is 38.9 Å². The zero-order valence-electron chi connectivity index (χ0n) is 17.1. The molecule has 32 heavy (non-hydrogen) atoms. The minimum Gasteiger partial charge on any atom is -0.372 e. The molecule has 2 aromatic carbocycles. The summed E-state index contributed by atoms with van der Waals surface area (Å²) < 4.78 is 38.0. The molecule has 2 aliphatic rings. The van der Waals surface area contributed by atoms with Gasteiger partial charge in [0, 0.05) is 30.2 Å². The van der Waals surface area contributed by atoms with Crippen molar-refractivity contribution in [1.29, 1.82) is 0 Å². The van der Waals surface area contributed by atoms with Crippen molar-refractivity contribution in [3.05, 3.63) is 64.4 Å². The first-order valence-corrected chi connectivity index (χ1v) is 12.3. The van der Waals surface area contributed by atoms with E-state index in [2.05, 4.69) is 5.32 Å². The number of nitrogens with zero attached hydrogens (tertiary/aromatic N) is 1. The van der Waals surface area contributed by atoms with E-state index in [1.54, 1.807) is 24.3 Å². The summed E-state index contributed by atoms with van der Waals surface area (Å²) in [5.41, 5.74) is -0.921. The maximum Gasteiger partial charge on any atom is 0.268 e. The number of carbonyl (C=O) groups is 2. The van der Waals surface area contributed by atoms with Crippen molar-refractivity contribution in [2.75, 3.05) is 11.4 Å². The number of hydrogen-bond acceptors (Lipinski definition) is 5. The van der Waals surface area contributed by atoms with Crippen LogP contribution in [0.3, 0.4) is 0 Å². The lowest BCUT2D eigenvalue weighted by atomic mass is 10.0. The molecule has 4 rings (SSSR count). The monoisotopic (exact) mass is 480 g/mol. The van der Waals surface area contributed by atoms with Gasteiger partial charge in [-0.1, -0.05) is 23.7 Å². The highest BCUT2D eigenvalue weighted by Crippen LogP contribution is 2.33. The summed E-state index contributed by atoms with van der Waals surface area (Å²) in [4.78, 5) is 26.8. The van der Waals surface area contributed by atoms with Gasteiger partial charge in [-0.15, -0.1) is 0 Å². The highest BCUT2D eigenvalue weighted by atomic mass is 35.5. The molecule has 2 amide bonds. The van der Waals surface area contributed by atoms with Crippen molar-refractivity contribution < 1.29 is 27.5 Å². The standard InChI is InChI=1S/C22H22ClFN2O5S/c23-16-8-15(9-17(24)11-16)12-25-20(27)22(29)6-7-26(21(22)28)18-3-1-2-14(10-18)13-32(30,31)19-4-5-19/h1-3,8-11,19,29H,4-7,12-13H2,(H,25,27)/t22-/m1/s1. The van der Waals surface area contributed by atoms with E-state index in [4.69, 9.17) is 11.6 Å². The van der Waals surface area contributed by atoms with E-state index in [1.807, 2.05) is 0 Å². The largest absolute Gasteiger partial charge is 0.372 e. The number of aliphatic hydroxyl groups is 1. The number of halogens is 2. The van der Waals surface area contributed by atoms with E-state index >= 15 is 0 Å². The minimum atomic E-state index is -3.22. The highest BCUT2D eigenvalue weighted by Gasteiger charge is 2.51. The first-order valence-electron chi connectivity index (χ1n) is 10.2. The molecule has 0 unspecified atom stereocenters. The van der Waals surface area contributed by atoms with Crippen LogP contribution in [0.1, 0.15) is 30.4 Å². The van der Waals surface area contributed by atoms with Gasteiger partial charge in [-0.05, 0) is 54.3 Å². The van der Waals surface area contributed by atoms with Gasteiger partial charge in [-0.3, -0.25) is 9.59 Å². The molecule has 2 aromatic rings. The lowest BCUT2D eigenvalue weighted by Gasteiger charge is -2.22. The molecule has 1 saturated carbocycles. The molecule has 1 saturated heterocycles. The first-order chi connectivity index (χ1) is 15.1. The average molecular weight is 481 g/mol. The smallest absolute Gasteiger partial charge is 0.268 e. The van der Waals surface area contributed by atoms with Crippen molar-refractivity contribution in [2.24, 2.45) is 0 Å². The van der Waals surface area contributed by atoms with Crippen LogP contribution >= 0.6 is 11.6 Å². The summed E-state index contributed by atoms with van der Waals surface area (Å²) in [6.07, 6.45) is 1.22. The third-order valence-electron chi connectivity index (χ3n) is 5.67. The van der Waals surface area contributed by atoms with Gasteiger partial charge in [0.05, 0.1) is 11.0 Å². The Bertz CT molecular complexity index is 1160. The van der Waals surface area contributed by atoms with Crippen LogP contribution in [0.2, 0.25) is 5.02 Å². The zero-order valence-corrected chi connectivity index (χ0v) is 18.6. The van der Waals surface area contributed by atoms with Gasteiger partial charge < -0.3 is 15.3 Å². The number of nitrogens with one attached hydrogen (secondary N) is 1. The minimum absolute atomic E-state index is 0.0906. The van der Waals surface area contributed by atoms with Crippen LogP contribution in [-0.4, -0.2) is 42.7 Å². The fourth-order valence-corrected chi connectivity index (χ4v) is 5.77. The second-order valence-corrected chi connectivity index (χ2v) is 10.9. The molecule has 7 nitrogen and oxygen atoms in total. The van der Waals surface area contributed by atoms with Crippen molar-refractivity contribution in [1.82, 2.24) is 5.32 Å². The average Bonchev–Trinajstić information content (AvgIpc) is 3.53. The van der Waals surface area contributed by atoms with Crippen LogP contribution in [0.15, 0.2) is 42.5 Å². The zero-order chi connectivity index (χ0) is 23.1. The Hall–Kier alpha value is -2.49. The Balaban J connectivity index is 1.45. The second kappa shape index (κ2) is 8.46. The second-order valence-electron chi connectivity index (χ2n) is 8.20. The molecule has 1 aliphatic carbocycles. The van der Waals surface area contributed by atoms with E-state index < -0.39 is 33.1 Å². The number of sulfone groups is 1. The van der Waals surface area contributed by atoms with Gasteiger partial charge in [0.2, 0.25) is 5.60 Å². The van der Waals surface area contributed by atoms with Gasteiger partial charge in [0.15, 0.2) is 9.84 Å². The van der Waals surface area contributed by atoms with Crippen LogP contribution in [0, 0.1) is 5.82 Å². The molecule has 1 atom stereocenters. The predicted molar refractivity (Wildman–Crippen MR) is 117 cm³/mol. The van der Waals surface area contributed by atoms with E-state index in [1.165, 1.54) is 17.0 Å². The van der Waals surface area contributed by atoms with E-state index in [9.17, 15) is 27.5 Å². The maximum atomic E-state index is 13.5. The van der Waals surface area contributed by atoms with E-state index in [-0.39, 0.29) is 35.5 Å². The predicted octanol–water partition coefficient (Wildman–Crippen LogP) is 2.34. The van der Waals surface area contributed by atoms with Crippen LogP contribution in [0.25, 0.3) is 0 Å². The molecule has 1 heterocycles. The molecule has 1 aliphatic heterocycles. The third-order valence-corrected chi connectivity index (χ3v) is 8.11. The summed E-state index contributed by atoms with van der Waals surface area (Å²) in [6, 6.07) is 10.3. The summed E-state index contributed by atoms with van der Waals surface area (Å²) in [5, 5.41) is 13.1. The summed E-state index contributed by atoms with van der Waals surface area (Å²) >= 11 is 5.80. The Labute approximate surface area is 190 Å². The van der Waals surface area contributed by atoms with Crippen LogP contribution in [0.5, 0.6) is 0 Å². The molecule has 2 N–H and O–H groups in total. The molecule has 0 bridgehead atoms. The fourth-order valence-electron chi connectivity index (χ4n) is 3.80. The van der Waals surface area contributed by atoms with Crippen molar-refractivity contribution in [3.63, 3.8) is 0 Å². The van der Waals surface area contributed by atoms with Crippen molar-refractivity contribution in [2.45, 2.75) is 42.4 Å². The SMILES string of the molecule is O=C(NCc1cc(F)cc(Cl)c1)[C@]1(O)CCN(c2cccc(CS(=O)(=O)C3CC3)c2)C1=O. The van der Waals surface area contributed by atoms with E-state index in [0.717, 1.165) is 6.07 Å². The first kappa shape index (κ1) is 22.7. The number of hydrogen-bond donors (Lipinski definition) is 2. The number of amides is 2. The quantitative estimate of drug-likeness (QED) is 0.592.